The van der Waals surface area contributed by atoms with Gasteiger partial charge in [0.05, 0.1) is 12.8 Å². The maximum atomic E-state index is 12.8. The molecule has 1 aromatic carbocycles. The number of aromatic nitrogens is 5. The number of amides is 1. The maximum absolute atomic E-state index is 12.8. The van der Waals surface area contributed by atoms with E-state index >= 15 is 0 Å². The first-order valence-electron chi connectivity index (χ1n) is 9.78. The van der Waals surface area contributed by atoms with E-state index in [1.54, 1.807) is 6.92 Å². The molecule has 0 aliphatic carbocycles. The molecule has 0 saturated carbocycles. The minimum atomic E-state index is -0.435. The van der Waals surface area contributed by atoms with Crippen molar-refractivity contribution in [3.8, 4) is 11.3 Å². The van der Waals surface area contributed by atoms with Crippen LogP contribution in [0.25, 0.3) is 11.3 Å². The van der Waals surface area contributed by atoms with Crippen molar-refractivity contribution >= 4 is 11.7 Å². The first kappa shape index (κ1) is 20.5. The summed E-state index contributed by atoms with van der Waals surface area (Å²) in [6.45, 7) is 6.78. The molecule has 1 amide bonds. The molecule has 4 aromatic rings. The van der Waals surface area contributed by atoms with Crippen molar-refractivity contribution in [2.75, 3.05) is 11.9 Å². The molecular formula is C21H22N6O4. The zero-order chi connectivity index (χ0) is 21.8. The zero-order valence-corrected chi connectivity index (χ0v) is 17.5. The van der Waals surface area contributed by atoms with E-state index in [1.165, 1.54) is 17.3 Å². The highest BCUT2D eigenvalue weighted by molar-refractivity contribution is 6.05. The van der Waals surface area contributed by atoms with Gasteiger partial charge in [0.2, 0.25) is 5.89 Å². The van der Waals surface area contributed by atoms with Crippen molar-refractivity contribution in [1.82, 2.24) is 25.0 Å². The Morgan fingerprint density at radius 3 is 2.94 bits per heavy atom. The lowest BCUT2D eigenvalue weighted by molar-refractivity contribution is 0.102. The van der Waals surface area contributed by atoms with E-state index in [2.05, 4.69) is 25.5 Å². The Balaban J connectivity index is 1.46. The highest BCUT2D eigenvalue weighted by Gasteiger charge is 2.21. The number of hydrogen-bond donors (Lipinski definition) is 1. The van der Waals surface area contributed by atoms with E-state index < -0.39 is 5.91 Å². The lowest BCUT2D eigenvalue weighted by atomic mass is 10.1. The van der Waals surface area contributed by atoms with Gasteiger partial charge < -0.3 is 18.9 Å². The van der Waals surface area contributed by atoms with Crippen molar-refractivity contribution in [2.45, 2.75) is 33.9 Å². The van der Waals surface area contributed by atoms with E-state index in [9.17, 15) is 4.79 Å². The predicted octanol–water partition coefficient (Wildman–Crippen LogP) is 3.38. The van der Waals surface area contributed by atoms with E-state index in [-0.39, 0.29) is 18.1 Å². The van der Waals surface area contributed by atoms with Crippen LogP contribution >= 0.6 is 0 Å². The molecule has 3 aromatic heterocycles. The quantitative estimate of drug-likeness (QED) is 0.459. The van der Waals surface area contributed by atoms with Crippen molar-refractivity contribution in [3.05, 3.63) is 65.5 Å². The number of carbonyl (C=O) groups is 1. The Morgan fingerprint density at radius 2 is 2.13 bits per heavy atom. The first-order valence-corrected chi connectivity index (χ1v) is 9.78. The van der Waals surface area contributed by atoms with Gasteiger partial charge in [0.25, 0.3) is 5.91 Å². The second-order valence-electron chi connectivity index (χ2n) is 6.86. The van der Waals surface area contributed by atoms with Crippen molar-refractivity contribution in [2.24, 2.45) is 0 Å². The third-order valence-electron chi connectivity index (χ3n) is 4.34. The topological polar surface area (TPSA) is 121 Å². The average molecular weight is 422 g/mol. The molecule has 0 saturated heterocycles. The monoisotopic (exact) mass is 422 g/mol. The van der Waals surface area contributed by atoms with Gasteiger partial charge in [-0.1, -0.05) is 23.8 Å². The molecule has 0 bridgehead atoms. The van der Waals surface area contributed by atoms with Crippen LogP contribution in [0.4, 0.5) is 5.82 Å². The third kappa shape index (κ3) is 4.86. The van der Waals surface area contributed by atoms with Gasteiger partial charge >= 0.3 is 0 Å². The molecule has 4 rings (SSSR count). The summed E-state index contributed by atoms with van der Waals surface area (Å²) < 4.78 is 16.4. The van der Waals surface area contributed by atoms with Crippen molar-refractivity contribution in [1.29, 1.82) is 0 Å². The number of hydrogen-bond acceptors (Lipinski definition) is 8. The molecule has 0 aliphatic rings. The smallest absolute Gasteiger partial charge is 0.279 e. The summed E-state index contributed by atoms with van der Waals surface area (Å²) >= 11 is 0. The van der Waals surface area contributed by atoms with Gasteiger partial charge in [-0.3, -0.25) is 4.79 Å². The number of oxazole rings is 2. The van der Waals surface area contributed by atoms with E-state index in [1.807, 2.05) is 38.1 Å². The normalized spacial score (nSPS) is 11.1. The number of aryl methyl sites for hydroxylation is 2. The van der Waals surface area contributed by atoms with Crippen LogP contribution in [-0.2, 0) is 17.9 Å². The number of nitrogens with zero attached hydrogens (tertiary/aromatic N) is 5. The van der Waals surface area contributed by atoms with E-state index in [0.717, 1.165) is 11.1 Å². The van der Waals surface area contributed by atoms with Crippen LogP contribution in [0.1, 0.15) is 40.5 Å². The second kappa shape index (κ2) is 8.92. The molecule has 10 nitrogen and oxygen atoms in total. The molecule has 0 aliphatic heterocycles. The van der Waals surface area contributed by atoms with Gasteiger partial charge in [0.1, 0.15) is 18.5 Å². The van der Waals surface area contributed by atoms with Gasteiger partial charge in [-0.05, 0) is 19.9 Å². The van der Waals surface area contributed by atoms with Crippen LogP contribution < -0.4 is 5.32 Å². The Kier molecular flexibility index (Phi) is 5.89. The van der Waals surface area contributed by atoms with Crippen LogP contribution in [-0.4, -0.2) is 37.5 Å². The summed E-state index contributed by atoms with van der Waals surface area (Å²) in [6.07, 6.45) is 2.98. The molecule has 3 heterocycles. The molecule has 0 unspecified atom stereocenters. The van der Waals surface area contributed by atoms with Crippen LogP contribution in [0.3, 0.4) is 0 Å². The minimum absolute atomic E-state index is 0.186. The Hall–Kier alpha value is -3.79. The Labute approximate surface area is 178 Å². The molecule has 31 heavy (non-hydrogen) atoms. The van der Waals surface area contributed by atoms with Crippen molar-refractivity contribution in [3.63, 3.8) is 0 Å². The number of nitrogens with one attached hydrogen (secondary N) is 1. The zero-order valence-electron chi connectivity index (χ0n) is 17.5. The summed E-state index contributed by atoms with van der Waals surface area (Å²) in [5.74, 6) is 1.10. The van der Waals surface area contributed by atoms with Gasteiger partial charge in [-0.25, -0.2) is 9.97 Å². The summed E-state index contributed by atoms with van der Waals surface area (Å²) in [7, 11) is 0. The summed E-state index contributed by atoms with van der Waals surface area (Å²) in [4.78, 5) is 22.8. The molecule has 0 radical (unpaired) electrons. The number of carbonyl (C=O) groups excluding carboxylic acids is 1. The van der Waals surface area contributed by atoms with E-state index in [4.69, 9.17) is 13.6 Å². The lowest BCUT2D eigenvalue weighted by Crippen LogP contribution is -2.14. The van der Waals surface area contributed by atoms with Crippen LogP contribution in [0.5, 0.6) is 0 Å². The fraction of sp³-hybridized carbons (Fsp3) is 0.286. The lowest BCUT2D eigenvalue weighted by Gasteiger charge is -2.02. The molecule has 0 spiro atoms. The third-order valence-corrected chi connectivity index (χ3v) is 4.34. The Bertz CT molecular complexity index is 1190. The van der Waals surface area contributed by atoms with Gasteiger partial charge in [0.15, 0.2) is 23.2 Å². The molecule has 1 N–H and O–H groups in total. The van der Waals surface area contributed by atoms with Gasteiger partial charge in [0, 0.05) is 19.1 Å². The predicted molar refractivity (Wildman–Crippen MR) is 110 cm³/mol. The fourth-order valence-electron chi connectivity index (χ4n) is 2.98. The number of anilines is 1. The van der Waals surface area contributed by atoms with E-state index in [0.29, 0.717) is 36.4 Å². The van der Waals surface area contributed by atoms with Crippen LogP contribution in [0.15, 0.2) is 45.6 Å². The standard InChI is InChI=1S/C21H22N6O4/c1-4-29-11-16-12-30-18(24-16)10-27-22-9-17(26-27)25-21(28)19-20(31-14(3)23-19)15-7-5-6-13(2)8-15/h5-9,12H,4,10-11H2,1-3H3,(H,25,26,28). The average Bonchev–Trinajstić information content (AvgIpc) is 3.47. The summed E-state index contributed by atoms with van der Waals surface area (Å²) in [6, 6.07) is 7.68. The molecule has 160 valence electrons. The summed E-state index contributed by atoms with van der Waals surface area (Å²) in [5, 5.41) is 11.1. The minimum Gasteiger partial charge on any atom is -0.446 e. The molecular weight excluding hydrogens is 400 g/mol. The number of ether oxygens (including phenoxy) is 1. The van der Waals surface area contributed by atoms with Crippen LogP contribution in [0, 0.1) is 13.8 Å². The SMILES string of the molecule is CCOCc1coc(Cn2ncc(NC(=O)c3nc(C)oc3-c3cccc(C)c3)n2)n1. The molecule has 0 atom stereocenters. The fourth-order valence-corrected chi connectivity index (χ4v) is 2.98. The first-order chi connectivity index (χ1) is 15.0. The van der Waals surface area contributed by atoms with Crippen molar-refractivity contribution < 1.29 is 18.4 Å². The van der Waals surface area contributed by atoms with Crippen LogP contribution in [0.2, 0.25) is 0 Å². The molecule has 10 heteroatoms. The highest BCUT2D eigenvalue weighted by Crippen LogP contribution is 2.26. The molecule has 0 fully saturated rings. The second-order valence-corrected chi connectivity index (χ2v) is 6.86. The van der Waals surface area contributed by atoms with Gasteiger partial charge in [-0.2, -0.15) is 9.90 Å². The Morgan fingerprint density at radius 1 is 1.26 bits per heavy atom. The largest absolute Gasteiger partial charge is 0.446 e. The highest BCUT2D eigenvalue weighted by atomic mass is 16.5. The maximum Gasteiger partial charge on any atom is 0.279 e. The summed E-state index contributed by atoms with van der Waals surface area (Å²) in [5.41, 5.74) is 2.71. The number of benzene rings is 1. The van der Waals surface area contributed by atoms with Gasteiger partial charge in [-0.15, -0.1) is 5.10 Å². The number of rotatable bonds is 8.